The number of anilines is 1. The minimum atomic E-state index is -3.23. The third kappa shape index (κ3) is 5.41. The van der Waals surface area contributed by atoms with Gasteiger partial charge in [-0.25, -0.2) is 32.5 Å². The third-order valence-corrected chi connectivity index (χ3v) is 7.91. The first-order chi connectivity index (χ1) is 16.7. The van der Waals surface area contributed by atoms with Crippen LogP contribution in [0.5, 0.6) is 5.75 Å². The van der Waals surface area contributed by atoms with Crippen LogP contribution in [0.3, 0.4) is 0 Å². The molecule has 0 atom stereocenters. The van der Waals surface area contributed by atoms with Gasteiger partial charge in [0.1, 0.15) is 17.9 Å². The molecule has 0 spiro atoms. The number of fused-ring (bicyclic) bond motifs is 1. The van der Waals surface area contributed by atoms with E-state index in [4.69, 9.17) is 4.74 Å². The van der Waals surface area contributed by atoms with Crippen LogP contribution in [0.2, 0.25) is 0 Å². The number of hydrogen-bond acceptors (Lipinski definition) is 9. The summed E-state index contributed by atoms with van der Waals surface area (Å²) in [5.74, 6) is 1.10. The first kappa shape index (κ1) is 24.5. The molecule has 0 aliphatic heterocycles. The second-order valence-electron chi connectivity index (χ2n) is 8.51. The van der Waals surface area contributed by atoms with E-state index >= 15 is 0 Å². The molecule has 0 radical (unpaired) electrons. The van der Waals surface area contributed by atoms with Gasteiger partial charge in [0.05, 0.1) is 16.1 Å². The van der Waals surface area contributed by atoms with Gasteiger partial charge in [0.15, 0.2) is 5.65 Å². The smallest absolute Gasteiger partial charge is 0.410 e. The standard InChI is InChI=1S/C22H26N6O6S/c1-23-35(32,33)13-15-3-5-16(6-4-15)26(2)20-19-11-12-27(21(19)25-14-24-20)22(29)34-18-9-7-17(8-10-18)28(30)31/h7-12,14-16,23H,3-6,13H2,1-2H3/t15-,16-. The highest BCUT2D eigenvalue weighted by Crippen LogP contribution is 2.32. The second kappa shape index (κ2) is 9.96. The number of rotatable bonds is 7. The number of nitro groups is 1. The highest BCUT2D eigenvalue weighted by Gasteiger charge is 2.28. The molecule has 3 aromatic rings. The van der Waals surface area contributed by atoms with Crippen LogP contribution >= 0.6 is 0 Å². The van der Waals surface area contributed by atoms with Crippen molar-refractivity contribution in [1.82, 2.24) is 19.3 Å². The van der Waals surface area contributed by atoms with Crippen LogP contribution in [0.15, 0.2) is 42.9 Å². The fourth-order valence-electron chi connectivity index (χ4n) is 4.42. The van der Waals surface area contributed by atoms with Crippen LogP contribution in [-0.2, 0) is 10.0 Å². The maximum atomic E-state index is 12.7. The zero-order valence-corrected chi connectivity index (χ0v) is 20.1. The molecule has 12 nitrogen and oxygen atoms in total. The molecule has 186 valence electrons. The molecule has 13 heteroatoms. The number of ether oxygens (including phenoxy) is 1. The fraction of sp³-hybridized carbons (Fsp3) is 0.409. The van der Waals surface area contributed by atoms with Crippen molar-refractivity contribution in [3.63, 3.8) is 0 Å². The minimum absolute atomic E-state index is 0.102. The van der Waals surface area contributed by atoms with Gasteiger partial charge in [0.25, 0.3) is 5.69 Å². The molecule has 2 heterocycles. The zero-order chi connectivity index (χ0) is 25.2. The lowest BCUT2D eigenvalue weighted by Crippen LogP contribution is -2.38. The number of aromatic nitrogens is 3. The van der Waals surface area contributed by atoms with E-state index in [2.05, 4.69) is 19.6 Å². The number of sulfonamides is 1. The average Bonchev–Trinajstić information content (AvgIpc) is 3.29. The minimum Gasteiger partial charge on any atom is -0.410 e. The van der Waals surface area contributed by atoms with E-state index in [0.717, 1.165) is 25.7 Å². The van der Waals surface area contributed by atoms with E-state index < -0.39 is 21.0 Å². The van der Waals surface area contributed by atoms with Gasteiger partial charge >= 0.3 is 6.09 Å². The average molecular weight is 503 g/mol. The largest absolute Gasteiger partial charge is 0.425 e. The molecular formula is C22H26N6O6S. The quantitative estimate of drug-likeness (QED) is 0.380. The predicted octanol–water partition coefficient (Wildman–Crippen LogP) is 2.93. The van der Waals surface area contributed by atoms with Crippen LogP contribution in [-0.4, -0.2) is 59.9 Å². The van der Waals surface area contributed by atoms with Crippen LogP contribution in [0, 0.1) is 16.0 Å². The molecule has 1 aliphatic rings. The number of non-ortho nitro benzene ring substituents is 1. The summed E-state index contributed by atoms with van der Waals surface area (Å²) in [5.41, 5.74) is 0.275. The summed E-state index contributed by atoms with van der Waals surface area (Å²) in [6, 6.07) is 7.14. The van der Waals surface area contributed by atoms with Crippen molar-refractivity contribution in [3.8, 4) is 5.75 Å². The van der Waals surface area contributed by atoms with E-state index in [-0.39, 0.29) is 29.1 Å². The summed E-state index contributed by atoms with van der Waals surface area (Å²) in [6.07, 6.45) is 5.48. The van der Waals surface area contributed by atoms with E-state index in [9.17, 15) is 23.3 Å². The van der Waals surface area contributed by atoms with Crippen LogP contribution < -0.4 is 14.4 Å². The van der Waals surface area contributed by atoms with Gasteiger partial charge in [-0.2, -0.15) is 0 Å². The Morgan fingerprint density at radius 2 is 1.89 bits per heavy atom. The molecule has 2 aromatic heterocycles. The lowest BCUT2D eigenvalue weighted by molar-refractivity contribution is -0.384. The number of benzene rings is 1. The molecule has 0 amide bonds. The number of hydrogen-bond donors (Lipinski definition) is 1. The van der Waals surface area contributed by atoms with Crippen molar-refractivity contribution < 1.29 is 22.9 Å². The Labute approximate surface area is 202 Å². The van der Waals surface area contributed by atoms with Crippen LogP contribution in [0.1, 0.15) is 25.7 Å². The molecule has 1 N–H and O–H groups in total. The molecule has 0 saturated heterocycles. The summed E-state index contributed by atoms with van der Waals surface area (Å²) < 4.78 is 32.7. The van der Waals surface area contributed by atoms with Gasteiger partial charge in [0, 0.05) is 31.4 Å². The van der Waals surface area contributed by atoms with E-state index in [1.165, 1.54) is 42.2 Å². The topological polar surface area (TPSA) is 150 Å². The Morgan fingerprint density at radius 3 is 2.51 bits per heavy atom. The summed E-state index contributed by atoms with van der Waals surface area (Å²) in [7, 11) is 0.135. The highest BCUT2D eigenvalue weighted by atomic mass is 32.2. The third-order valence-electron chi connectivity index (χ3n) is 6.37. The lowest BCUT2D eigenvalue weighted by atomic mass is 9.86. The highest BCUT2D eigenvalue weighted by molar-refractivity contribution is 7.89. The molecule has 1 aliphatic carbocycles. The molecule has 1 saturated carbocycles. The Bertz CT molecular complexity index is 1330. The maximum absolute atomic E-state index is 12.7. The normalized spacial score (nSPS) is 18.3. The Hall–Kier alpha value is -3.58. The summed E-state index contributed by atoms with van der Waals surface area (Å²) in [4.78, 5) is 33.8. The lowest BCUT2D eigenvalue weighted by Gasteiger charge is -2.35. The monoisotopic (exact) mass is 502 g/mol. The molecule has 4 rings (SSSR count). The number of nitrogens with zero attached hydrogens (tertiary/aromatic N) is 5. The number of carbonyl (C=O) groups is 1. The van der Waals surface area contributed by atoms with E-state index in [1.54, 1.807) is 12.3 Å². The first-order valence-electron chi connectivity index (χ1n) is 11.1. The molecule has 0 unspecified atom stereocenters. The fourth-order valence-corrected chi connectivity index (χ4v) is 5.54. The second-order valence-corrected chi connectivity index (χ2v) is 10.5. The number of carbonyl (C=O) groups excluding carboxylic acids is 1. The van der Waals surface area contributed by atoms with E-state index in [0.29, 0.717) is 16.9 Å². The van der Waals surface area contributed by atoms with Crippen molar-refractivity contribution in [1.29, 1.82) is 0 Å². The zero-order valence-electron chi connectivity index (χ0n) is 19.3. The van der Waals surface area contributed by atoms with Gasteiger partial charge in [-0.05, 0) is 56.8 Å². The van der Waals surface area contributed by atoms with Gasteiger partial charge in [-0.15, -0.1) is 0 Å². The summed E-state index contributed by atoms with van der Waals surface area (Å²) in [6.45, 7) is 0. The van der Waals surface area contributed by atoms with Crippen LogP contribution in [0.25, 0.3) is 11.0 Å². The molecule has 1 aromatic carbocycles. The molecule has 0 bridgehead atoms. The Balaban J connectivity index is 1.47. The number of nitrogens with one attached hydrogen (secondary N) is 1. The first-order valence-corrected chi connectivity index (χ1v) is 12.8. The van der Waals surface area contributed by atoms with E-state index in [1.807, 2.05) is 7.05 Å². The van der Waals surface area contributed by atoms with Gasteiger partial charge in [-0.1, -0.05) is 0 Å². The molecule has 35 heavy (non-hydrogen) atoms. The van der Waals surface area contributed by atoms with Gasteiger partial charge in [-0.3, -0.25) is 10.1 Å². The number of nitro benzene ring substituents is 1. The Kier molecular flexibility index (Phi) is 6.98. The SMILES string of the molecule is CNS(=O)(=O)C[C@H]1CC[C@H](N(C)c2ncnc3c2ccn3C(=O)Oc2ccc([N+](=O)[O-])cc2)CC1. The Morgan fingerprint density at radius 1 is 1.20 bits per heavy atom. The molecular weight excluding hydrogens is 476 g/mol. The van der Waals surface area contributed by atoms with Crippen molar-refractivity contribution in [2.75, 3.05) is 24.7 Å². The van der Waals surface area contributed by atoms with Crippen molar-refractivity contribution >= 4 is 38.7 Å². The molecule has 1 fully saturated rings. The van der Waals surface area contributed by atoms with Crippen molar-refractivity contribution in [3.05, 3.63) is 53.0 Å². The van der Waals surface area contributed by atoms with Crippen molar-refractivity contribution in [2.45, 2.75) is 31.7 Å². The van der Waals surface area contributed by atoms with Crippen molar-refractivity contribution in [2.24, 2.45) is 5.92 Å². The maximum Gasteiger partial charge on any atom is 0.425 e. The summed E-state index contributed by atoms with van der Waals surface area (Å²) in [5, 5.41) is 11.5. The van der Waals surface area contributed by atoms with Gasteiger partial charge in [0.2, 0.25) is 10.0 Å². The summed E-state index contributed by atoms with van der Waals surface area (Å²) >= 11 is 0. The van der Waals surface area contributed by atoms with Crippen LogP contribution in [0.4, 0.5) is 16.3 Å². The predicted molar refractivity (Wildman–Crippen MR) is 129 cm³/mol. The van der Waals surface area contributed by atoms with Gasteiger partial charge < -0.3 is 9.64 Å².